The highest BCUT2D eigenvalue weighted by atomic mass is 16.5. The fourth-order valence-electron chi connectivity index (χ4n) is 13.6. The molecule has 0 radical (unpaired) electrons. The monoisotopic (exact) mass is 1120 g/mol. The van der Waals surface area contributed by atoms with Crippen molar-refractivity contribution >= 4 is 0 Å². The second-order valence-corrected chi connectivity index (χ2v) is 26.6. The SMILES string of the molecule is CCCCCCCCCCCCCC(O)CC(CC)C(OC(C(CC)CC(O)CCCCCCCCCCCCC)C(CC)CC(O)CCCCCCCCCCCCC)C(CC)CC(O)CCCCCCCCCCCCC. The van der Waals surface area contributed by atoms with Gasteiger partial charge in [-0.1, -0.05) is 364 Å². The number of unbranched alkanes of at least 4 members (excludes halogenated alkanes) is 40. The molecule has 0 aliphatic carbocycles. The molecule has 0 aromatic rings. The van der Waals surface area contributed by atoms with Crippen LogP contribution in [0.5, 0.6) is 0 Å². The van der Waals surface area contributed by atoms with Crippen LogP contribution in [0.25, 0.3) is 0 Å². The van der Waals surface area contributed by atoms with E-state index in [0.717, 1.165) is 103 Å². The van der Waals surface area contributed by atoms with Crippen molar-refractivity contribution in [2.24, 2.45) is 23.7 Å². The van der Waals surface area contributed by atoms with Crippen molar-refractivity contribution in [3.05, 3.63) is 0 Å². The van der Waals surface area contributed by atoms with Gasteiger partial charge in [-0.3, -0.25) is 0 Å². The van der Waals surface area contributed by atoms with Crippen LogP contribution in [0.15, 0.2) is 0 Å². The first kappa shape index (κ1) is 78.8. The van der Waals surface area contributed by atoms with Crippen molar-refractivity contribution in [1.82, 2.24) is 0 Å². The van der Waals surface area contributed by atoms with E-state index in [4.69, 9.17) is 4.74 Å². The van der Waals surface area contributed by atoms with E-state index in [1.54, 1.807) is 0 Å². The molecule has 0 aliphatic heterocycles. The van der Waals surface area contributed by atoms with Crippen LogP contribution < -0.4 is 0 Å². The van der Waals surface area contributed by atoms with Crippen molar-refractivity contribution in [2.45, 2.75) is 452 Å². The molecule has 0 aromatic carbocycles. The normalized spacial score (nSPS) is 15.9. The average molecular weight is 1120 g/mol. The molecule has 476 valence electrons. The van der Waals surface area contributed by atoms with Gasteiger partial charge >= 0.3 is 0 Å². The van der Waals surface area contributed by atoms with Gasteiger partial charge in [-0.25, -0.2) is 0 Å². The highest BCUT2D eigenvalue weighted by molar-refractivity contribution is 4.87. The third-order valence-electron chi connectivity index (χ3n) is 19.1. The second kappa shape index (κ2) is 60.9. The molecule has 79 heavy (non-hydrogen) atoms. The first-order chi connectivity index (χ1) is 38.6. The van der Waals surface area contributed by atoms with E-state index in [-0.39, 0.29) is 60.3 Å². The fraction of sp³-hybridized carbons (Fsp3) is 1.00. The van der Waals surface area contributed by atoms with Gasteiger partial charge in [0.1, 0.15) is 0 Å². The smallest absolute Gasteiger partial charge is 0.0637 e. The largest absolute Gasteiger partial charge is 0.393 e. The topological polar surface area (TPSA) is 90.2 Å². The fourth-order valence-corrected chi connectivity index (χ4v) is 13.6. The van der Waals surface area contributed by atoms with E-state index < -0.39 is 0 Å². The van der Waals surface area contributed by atoms with Crippen LogP contribution in [0.3, 0.4) is 0 Å². The molecule has 4 N–H and O–H groups in total. The molecule has 8 unspecified atom stereocenters. The molecular weight excluding hydrogens is 969 g/mol. The summed E-state index contributed by atoms with van der Waals surface area (Å²) in [5.74, 6) is 0.729. The van der Waals surface area contributed by atoms with Crippen LogP contribution in [0, 0.1) is 23.7 Å². The molecule has 0 fully saturated rings. The highest BCUT2D eigenvalue weighted by Crippen LogP contribution is 2.39. The molecule has 0 aromatic heterocycles. The lowest BCUT2D eigenvalue weighted by atomic mass is 9.77. The van der Waals surface area contributed by atoms with Gasteiger partial charge < -0.3 is 25.2 Å². The molecule has 0 amide bonds. The maximum atomic E-state index is 11.9. The van der Waals surface area contributed by atoms with Gasteiger partial charge in [0.25, 0.3) is 0 Å². The Bertz CT molecular complexity index is 978. The van der Waals surface area contributed by atoms with Gasteiger partial charge in [-0.15, -0.1) is 0 Å². The number of aliphatic hydroxyl groups excluding tert-OH is 4. The Morgan fingerprint density at radius 2 is 0.342 bits per heavy atom. The van der Waals surface area contributed by atoms with Gasteiger partial charge in [0.15, 0.2) is 0 Å². The minimum absolute atomic E-state index is 0.0883. The van der Waals surface area contributed by atoms with Gasteiger partial charge in [0, 0.05) is 0 Å². The lowest BCUT2D eigenvalue weighted by Gasteiger charge is -2.43. The first-order valence-electron chi connectivity index (χ1n) is 37.0. The summed E-state index contributed by atoms with van der Waals surface area (Å²) in [5.41, 5.74) is 0. The number of rotatable bonds is 66. The molecule has 8 atom stereocenters. The van der Waals surface area contributed by atoms with E-state index in [9.17, 15) is 20.4 Å². The molecule has 5 nitrogen and oxygen atoms in total. The van der Waals surface area contributed by atoms with Crippen LogP contribution in [-0.2, 0) is 4.74 Å². The van der Waals surface area contributed by atoms with Crippen LogP contribution in [-0.4, -0.2) is 57.0 Å². The predicted octanol–water partition coefficient (Wildman–Crippen LogP) is 23.7. The van der Waals surface area contributed by atoms with Crippen LogP contribution in [0.2, 0.25) is 0 Å². The summed E-state index contributed by atoms with van der Waals surface area (Å²) in [5, 5.41) is 47.5. The quantitative estimate of drug-likeness (QED) is 0.0456. The molecule has 5 heteroatoms. The Labute approximate surface area is 498 Å². The standard InChI is InChI=1S/C74H150O5/c1-9-17-21-25-29-33-37-41-45-49-53-57-69(75)61-65(13-5)73(66(14-6)62-70(76)58-54-50-46-42-38-34-30-26-22-18-10-2)79-74(67(15-7)63-71(77)59-55-51-47-43-39-35-31-27-23-19-11-3)68(16-8)64-72(78)60-56-52-48-44-40-36-32-28-24-20-12-4/h65-78H,9-64H2,1-8H3. The Morgan fingerprint density at radius 1 is 0.203 bits per heavy atom. The molecule has 0 spiro atoms. The highest BCUT2D eigenvalue weighted by Gasteiger charge is 2.39. The summed E-state index contributed by atoms with van der Waals surface area (Å²) in [7, 11) is 0. The zero-order valence-corrected chi connectivity index (χ0v) is 55.6. The summed E-state index contributed by atoms with van der Waals surface area (Å²) >= 11 is 0. The zero-order chi connectivity index (χ0) is 58.1. The zero-order valence-electron chi connectivity index (χ0n) is 55.6. The number of aliphatic hydroxyl groups is 4. The molecule has 0 saturated heterocycles. The van der Waals surface area contributed by atoms with Crippen LogP contribution in [0.4, 0.5) is 0 Å². The number of ether oxygens (including phenoxy) is 1. The van der Waals surface area contributed by atoms with E-state index >= 15 is 0 Å². The third-order valence-corrected chi connectivity index (χ3v) is 19.1. The average Bonchev–Trinajstić information content (AvgIpc) is 3.44. The van der Waals surface area contributed by atoms with Crippen LogP contribution in [0.1, 0.15) is 415 Å². The van der Waals surface area contributed by atoms with Gasteiger partial charge in [0.05, 0.1) is 36.6 Å². The minimum atomic E-state index is -0.351. The van der Waals surface area contributed by atoms with Crippen molar-refractivity contribution in [3.8, 4) is 0 Å². The van der Waals surface area contributed by atoms with Crippen molar-refractivity contribution in [2.75, 3.05) is 0 Å². The Balaban J connectivity index is 6.27. The van der Waals surface area contributed by atoms with Crippen molar-refractivity contribution < 1.29 is 25.2 Å². The summed E-state index contributed by atoms with van der Waals surface area (Å²) in [6.07, 6.45) is 66.4. The third kappa shape index (κ3) is 48.7. The minimum Gasteiger partial charge on any atom is -0.393 e. The van der Waals surface area contributed by atoms with Gasteiger partial charge in [-0.05, 0) is 75.0 Å². The van der Waals surface area contributed by atoms with Gasteiger partial charge in [-0.2, -0.15) is 0 Å². The van der Waals surface area contributed by atoms with E-state index in [2.05, 4.69) is 55.4 Å². The summed E-state index contributed by atoms with van der Waals surface area (Å²) in [4.78, 5) is 0. The Kier molecular flexibility index (Phi) is 60.8. The number of hydrogen-bond acceptors (Lipinski definition) is 5. The molecular formula is C74H150O5. The molecule has 0 bridgehead atoms. The predicted molar refractivity (Wildman–Crippen MR) is 351 cm³/mol. The van der Waals surface area contributed by atoms with E-state index in [1.807, 2.05) is 0 Å². The molecule has 0 rings (SSSR count). The van der Waals surface area contributed by atoms with E-state index in [1.165, 1.54) is 257 Å². The summed E-state index contributed by atoms with van der Waals surface area (Å²) in [6, 6.07) is 0. The molecule has 0 heterocycles. The molecule has 0 saturated carbocycles. The molecule has 0 aliphatic rings. The van der Waals surface area contributed by atoms with E-state index in [0.29, 0.717) is 0 Å². The summed E-state index contributed by atoms with van der Waals surface area (Å²) < 4.78 is 7.87. The van der Waals surface area contributed by atoms with Crippen molar-refractivity contribution in [1.29, 1.82) is 0 Å². The number of hydrogen-bond donors (Lipinski definition) is 4. The maximum Gasteiger partial charge on any atom is 0.0637 e. The summed E-state index contributed by atoms with van der Waals surface area (Å²) in [6.45, 7) is 18.4. The van der Waals surface area contributed by atoms with Crippen molar-refractivity contribution in [3.63, 3.8) is 0 Å². The Hall–Kier alpha value is -0.200. The lowest BCUT2D eigenvalue weighted by Crippen LogP contribution is -2.44. The van der Waals surface area contributed by atoms with Gasteiger partial charge in [0.2, 0.25) is 0 Å². The second-order valence-electron chi connectivity index (χ2n) is 26.6. The Morgan fingerprint density at radius 3 is 0.481 bits per heavy atom. The maximum absolute atomic E-state index is 11.9. The van der Waals surface area contributed by atoms with Crippen LogP contribution >= 0.6 is 0 Å². The first-order valence-corrected chi connectivity index (χ1v) is 37.0. The lowest BCUT2D eigenvalue weighted by molar-refractivity contribution is -0.140.